The second-order valence-corrected chi connectivity index (χ2v) is 4.51. The molecule has 0 aliphatic rings. The van der Waals surface area contributed by atoms with E-state index in [-0.39, 0.29) is 19.6 Å². The van der Waals surface area contributed by atoms with E-state index in [1.54, 1.807) is 6.92 Å². The molecule has 1 aromatic rings. The van der Waals surface area contributed by atoms with Crippen LogP contribution in [0.15, 0.2) is 30.3 Å². The summed E-state index contributed by atoms with van der Waals surface area (Å²) in [5.41, 5.74) is 5.99. The molecule has 7 heteroatoms. The topological polar surface area (TPSA) is 108 Å². The van der Waals surface area contributed by atoms with Gasteiger partial charge in [0.25, 0.3) is 0 Å². The second kappa shape index (κ2) is 9.51. The third kappa shape index (κ3) is 6.85. The molecule has 0 unspecified atom stereocenters. The lowest BCUT2D eigenvalue weighted by Crippen LogP contribution is -2.47. The van der Waals surface area contributed by atoms with E-state index in [0.717, 1.165) is 5.56 Å². The fourth-order valence-electron chi connectivity index (χ4n) is 1.62. The molecule has 22 heavy (non-hydrogen) atoms. The maximum atomic E-state index is 11.7. The monoisotopic (exact) mass is 308 g/mol. The Bertz CT molecular complexity index is 504. The van der Waals surface area contributed by atoms with Crippen molar-refractivity contribution in [2.45, 2.75) is 26.0 Å². The summed E-state index contributed by atoms with van der Waals surface area (Å²) in [7, 11) is 0. The smallest absolute Gasteiger partial charge is 0.308 e. The number of esters is 1. The van der Waals surface area contributed by atoms with E-state index < -0.39 is 23.8 Å². The van der Waals surface area contributed by atoms with Crippen molar-refractivity contribution in [3.8, 4) is 0 Å². The van der Waals surface area contributed by atoms with Gasteiger partial charge in [-0.15, -0.1) is 0 Å². The van der Waals surface area contributed by atoms with E-state index >= 15 is 0 Å². The third-order valence-electron chi connectivity index (χ3n) is 2.73. The van der Waals surface area contributed by atoms with E-state index in [0.29, 0.717) is 6.61 Å². The van der Waals surface area contributed by atoms with Gasteiger partial charge in [0.2, 0.25) is 11.8 Å². The van der Waals surface area contributed by atoms with Crippen molar-refractivity contribution in [3.05, 3.63) is 35.9 Å². The Hall–Kier alpha value is -2.41. The summed E-state index contributed by atoms with van der Waals surface area (Å²) in [6.45, 7) is 2.00. The zero-order valence-corrected chi connectivity index (χ0v) is 12.4. The van der Waals surface area contributed by atoms with Crippen LogP contribution >= 0.6 is 0 Å². The Balaban J connectivity index is 2.43. The quantitative estimate of drug-likeness (QED) is 0.630. The molecule has 7 nitrogen and oxygen atoms in total. The molecule has 2 amide bonds. The summed E-state index contributed by atoms with van der Waals surface area (Å²) in [6, 6.07) is 8.00. The molecule has 0 fully saturated rings. The molecule has 0 spiro atoms. The molecule has 0 aliphatic carbocycles. The standard InChI is InChI=1S/C15H20N2O5/c1-2-21-10-13(18)17-12(15(16)20)8-14(19)22-9-11-6-4-3-5-7-11/h3-7,12H,2,8-10H2,1H3,(H2,16,20)(H,17,18)/t12-/m0/s1. The minimum Gasteiger partial charge on any atom is -0.461 e. The van der Waals surface area contributed by atoms with Crippen molar-refractivity contribution in [2.75, 3.05) is 13.2 Å². The zero-order chi connectivity index (χ0) is 16.4. The van der Waals surface area contributed by atoms with Gasteiger partial charge >= 0.3 is 5.97 Å². The molecule has 0 saturated carbocycles. The van der Waals surface area contributed by atoms with Crippen LogP contribution in [0.2, 0.25) is 0 Å². The average molecular weight is 308 g/mol. The fraction of sp³-hybridized carbons (Fsp3) is 0.400. The maximum Gasteiger partial charge on any atom is 0.308 e. The summed E-state index contributed by atoms with van der Waals surface area (Å²) in [4.78, 5) is 34.5. The van der Waals surface area contributed by atoms with Crippen LogP contribution in [0.1, 0.15) is 18.9 Å². The third-order valence-corrected chi connectivity index (χ3v) is 2.73. The minimum absolute atomic E-state index is 0.0953. The highest BCUT2D eigenvalue weighted by atomic mass is 16.5. The molecule has 0 heterocycles. The highest BCUT2D eigenvalue weighted by molar-refractivity contribution is 5.90. The van der Waals surface area contributed by atoms with E-state index in [1.165, 1.54) is 0 Å². The molecule has 0 saturated heterocycles. The van der Waals surface area contributed by atoms with Crippen LogP contribution in [0.3, 0.4) is 0 Å². The molecule has 1 rings (SSSR count). The van der Waals surface area contributed by atoms with Gasteiger partial charge in [0, 0.05) is 6.61 Å². The molecule has 0 bridgehead atoms. The molecule has 120 valence electrons. The van der Waals surface area contributed by atoms with Gasteiger partial charge in [-0.2, -0.15) is 0 Å². The van der Waals surface area contributed by atoms with Gasteiger partial charge in [-0.3, -0.25) is 14.4 Å². The van der Waals surface area contributed by atoms with Gasteiger partial charge in [0.05, 0.1) is 6.42 Å². The Labute approximate surface area is 128 Å². The van der Waals surface area contributed by atoms with Crippen LogP contribution in [0, 0.1) is 0 Å². The number of nitrogens with one attached hydrogen (secondary N) is 1. The number of amides is 2. The number of hydrogen-bond acceptors (Lipinski definition) is 5. The van der Waals surface area contributed by atoms with Crippen molar-refractivity contribution in [2.24, 2.45) is 5.73 Å². The van der Waals surface area contributed by atoms with Gasteiger partial charge in [-0.05, 0) is 12.5 Å². The van der Waals surface area contributed by atoms with Crippen molar-refractivity contribution >= 4 is 17.8 Å². The number of carbonyl (C=O) groups is 3. The van der Waals surface area contributed by atoms with E-state index in [9.17, 15) is 14.4 Å². The minimum atomic E-state index is -1.11. The van der Waals surface area contributed by atoms with Crippen molar-refractivity contribution < 1.29 is 23.9 Å². The Kier molecular flexibility index (Phi) is 7.63. The molecule has 0 radical (unpaired) electrons. The molecular weight excluding hydrogens is 288 g/mol. The van der Waals surface area contributed by atoms with Gasteiger partial charge in [-0.1, -0.05) is 30.3 Å². The number of ether oxygens (including phenoxy) is 2. The van der Waals surface area contributed by atoms with Crippen LogP contribution < -0.4 is 11.1 Å². The number of hydrogen-bond donors (Lipinski definition) is 2. The SMILES string of the molecule is CCOCC(=O)N[C@@H](CC(=O)OCc1ccccc1)C(N)=O. The molecule has 1 atom stereocenters. The highest BCUT2D eigenvalue weighted by Gasteiger charge is 2.22. The normalized spacial score (nSPS) is 11.5. The van der Waals surface area contributed by atoms with Gasteiger partial charge < -0.3 is 20.5 Å². The van der Waals surface area contributed by atoms with Crippen LogP contribution in [0.4, 0.5) is 0 Å². The average Bonchev–Trinajstić information content (AvgIpc) is 2.51. The van der Waals surface area contributed by atoms with Gasteiger partial charge in [0.1, 0.15) is 19.3 Å². The molecule has 1 aromatic carbocycles. The number of carbonyl (C=O) groups excluding carboxylic acids is 3. The summed E-state index contributed by atoms with van der Waals surface area (Å²) in [6.07, 6.45) is -0.319. The lowest BCUT2D eigenvalue weighted by molar-refractivity contribution is -0.147. The Morgan fingerprint density at radius 1 is 1.23 bits per heavy atom. The zero-order valence-electron chi connectivity index (χ0n) is 12.4. The maximum absolute atomic E-state index is 11.7. The first-order chi connectivity index (χ1) is 10.5. The number of rotatable bonds is 9. The summed E-state index contributed by atoms with van der Waals surface area (Å²) in [5.74, 6) is -1.94. The molecule has 0 aromatic heterocycles. The highest BCUT2D eigenvalue weighted by Crippen LogP contribution is 2.03. The number of benzene rings is 1. The van der Waals surface area contributed by atoms with Crippen LogP contribution in [0.25, 0.3) is 0 Å². The second-order valence-electron chi connectivity index (χ2n) is 4.51. The first-order valence-electron chi connectivity index (χ1n) is 6.89. The van der Waals surface area contributed by atoms with Gasteiger partial charge in [-0.25, -0.2) is 0 Å². The Morgan fingerprint density at radius 2 is 1.91 bits per heavy atom. The van der Waals surface area contributed by atoms with Crippen LogP contribution in [-0.4, -0.2) is 37.0 Å². The number of primary amides is 1. The predicted octanol–water partition coefficient (Wildman–Crippen LogP) is 0.126. The largest absolute Gasteiger partial charge is 0.461 e. The summed E-state index contributed by atoms with van der Waals surface area (Å²) in [5, 5.41) is 2.34. The van der Waals surface area contributed by atoms with Crippen LogP contribution in [0.5, 0.6) is 0 Å². The first kappa shape index (κ1) is 17.6. The van der Waals surface area contributed by atoms with E-state index in [4.69, 9.17) is 15.2 Å². The fourth-order valence-corrected chi connectivity index (χ4v) is 1.62. The number of nitrogens with two attached hydrogens (primary N) is 1. The van der Waals surface area contributed by atoms with Crippen LogP contribution in [-0.2, 0) is 30.5 Å². The lowest BCUT2D eigenvalue weighted by Gasteiger charge is -2.15. The van der Waals surface area contributed by atoms with Crippen molar-refractivity contribution in [1.29, 1.82) is 0 Å². The molecule has 0 aliphatic heterocycles. The van der Waals surface area contributed by atoms with Crippen molar-refractivity contribution in [1.82, 2.24) is 5.32 Å². The molecule has 3 N–H and O–H groups in total. The summed E-state index contributed by atoms with van der Waals surface area (Å²) >= 11 is 0. The lowest BCUT2D eigenvalue weighted by atomic mass is 10.2. The van der Waals surface area contributed by atoms with E-state index in [1.807, 2.05) is 30.3 Å². The van der Waals surface area contributed by atoms with Gasteiger partial charge in [0.15, 0.2) is 0 Å². The summed E-state index contributed by atoms with van der Waals surface area (Å²) < 4.78 is 9.95. The Morgan fingerprint density at radius 3 is 2.50 bits per heavy atom. The van der Waals surface area contributed by atoms with Crippen molar-refractivity contribution in [3.63, 3.8) is 0 Å². The molecular formula is C15H20N2O5. The van der Waals surface area contributed by atoms with E-state index in [2.05, 4.69) is 5.32 Å². The first-order valence-corrected chi connectivity index (χ1v) is 6.89. The predicted molar refractivity (Wildman–Crippen MR) is 78.5 cm³/mol.